The van der Waals surface area contributed by atoms with Gasteiger partial charge in [0.05, 0.1) is 17.4 Å². The van der Waals surface area contributed by atoms with Crippen molar-refractivity contribution >= 4 is 16.9 Å². The molecular weight excluding hydrogens is 359 g/mol. The molecule has 3 rings (SSSR count). The summed E-state index contributed by atoms with van der Waals surface area (Å²) in [5.41, 5.74) is 0.838. The zero-order chi connectivity index (χ0) is 19.6. The Bertz CT molecular complexity index is 1040. The summed E-state index contributed by atoms with van der Waals surface area (Å²) in [6, 6.07) is 13.4. The molecule has 0 atom stereocenters. The number of carbonyl (C=O) groups excluding carboxylic acids is 1. The molecule has 1 aromatic heterocycles. The molecule has 0 spiro atoms. The normalized spacial score (nSPS) is 11.6. The number of hydrogen-bond acceptors (Lipinski definition) is 3. The van der Waals surface area contributed by atoms with E-state index in [0.29, 0.717) is 16.9 Å². The smallest absolute Gasteiger partial charge is 0.390 e. The van der Waals surface area contributed by atoms with Crippen molar-refractivity contribution in [3.05, 3.63) is 69.9 Å². The average molecular weight is 375 g/mol. The van der Waals surface area contributed by atoms with E-state index in [-0.39, 0.29) is 22.0 Å². The first-order valence-electron chi connectivity index (χ1n) is 8.25. The fourth-order valence-electron chi connectivity index (χ4n) is 2.77. The van der Waals surface area contributed by atoms with Gasteiger partial charge in [-0.2, -0.15) is 13.2 Å². The SMILES string of the molecule is Cc1c(-c2ccccc2)oc2c(C(=O)NCCC(F)(F)F)cccc2c1=O. The van der Waals surface area contributed by atoms with Crippen LogP contribution in [0.25, 0.3) is 22.3 Å². The fraction of sp³-hybridized carbons (Fsp3) is 0.200. The van der Waals surface area contributed by atoms with Gasteiger partial charge in [0.1, 0.15) is 5.76 Å². The molecule has 27 heavy (non-hydrogen) atoms. The summed E-state index contributed by atoms with van der Waals surface area (Å²) in [6.07, 6.45) is -5.50. The summed E-state index contributed by atoms with van der Waals surface area (Å²) in [7, 11) is 0. The van der Waals surface area contributed by atoms with Crippen LogP contribution in [-0.2, 0) is 0 Å². The van der Waals surface area contributed by atoms with Gasteiger partial charge < -0.3 is 9.73 Å². The summed E-state index contributed by atoms with van der Waals surface area (Å²) in [5, 5.41) is 2.42. The number of fused-ring (bicyclic) bond motifs is 1. The van der Waals surface area contributed by atoms with Gasteiger partial charge in [0.25, 0.3) is 5.91 Å². The Morgan fingerprint density at radius 2 is 1.78 bits per heavy atom. The summed E-state index contributed by atoms with van der Waals surface area (Å²) in [5.74, 6) is -0.403. The first-order chi connectivity index (χ1) is 12.8. The molecule has 0 aliphatic carbocycles. The van der Waals surface area contributed by atoms with Gasteiger partial charge in [0, 0.05) is 17.7 Å². The minimum absolute atomic E-state index is 0.0176. The average Bonchev–Trinajstić information content (AvgIpc) is 2.63. The lowest BCUT2D eigenvalue weighted by Crippen LogP contribution is -2.28. The number of carbonyl (C=O) groups is 1. The molecule has 0 bridgehead atoms. The molecule has 0 unspecified atom stereocenters. The Balaban J connectivity index is 2.06. The molecule has 0 aliphatic heterocycles. The molecular formula is C20H16F3NO3. The van der Waals surface area contributed by atoms with Gasteiger partial charge in [0.2, 0.25) is 0 Å². The molecule has 1 amide bonds. The van der Waals surface area contributed by atoms with E-state index >= 15 is 0 Å². The highest BCUT2D eigenvalue weighted by Crippen LogP contribution is 2.27. The molecule has 0 fully saturated rings. The van der Waals surface area contributed by atoms with Crippen molar-refractivity contribution in [3.8, 4) is 11.3 Å². The molecule has 1 N–H and O–H groups in total. The van der Waals surface area contributed by atoms with Crippen molar-refractivity contribution in [2.45, 2.75) is 19.5 Å². The van der Waals surface area contributed by atoms with E-state index in [1.54, 1.807) is 31.2 Å². The standard InChI is InChI=1S/C20H16F3NO3/c1-12-16(25)14-8-5-9-15(19(26)24-11-10-20(21,22)23)18(14)27-17(12)13-6-3-2-4-7-13/h2-9H,10-11H2,1H3,(H,24,26). The van der Waals surface area contributed by atoms with Crippen LogP contribution in [0, 0.1) is 6.92 Å². The van der Waals surface area contributed by atoms with E-state index in [9.17, 15) is 22.8 Å². The third-order valence-corrected chi connectivity index (χ3v) is 4.12. The van der Waals surface area contributed by atoms with E-state index in [4.69, 9.17) is 4.42 Å². The van der Waals surface area contributed by atoms with Gasteiger partial charge in [0.15, 0.2) is 11.0 Å². The van der Waals surface area contributed by atoms with Crippen LogP contribution in [0.4, 0.5) is 13.2 Å². The van der Waals surface area contributed by atoms with Crippen molar-refractivity contribution in [1.29, 1.82) is 0 Å². The van der Waals surface area contributed by atoms with Crippen LogP contribution in [0.15, 0.2) is 57.7 Å². The number of benzene rings is 2. The van der Waals surface area contributed by atoms with E-state index in [0.717, 1.165) is 0 Å². The zero-order valence-corrected chi connectivity index (χ0v) is 14.4. The van der Waals surface area contributed by atoms with Crippen LogP contribution < -0.4 is 10.7 Å². The third-order valence-electron chi connectivity index (χ3n) is 4.12. The monoisotopic (exact) mass is 375 g/mol. The Labute approximate surface area is 152 Å². The molecule has 0 radical (unpaired) electrons. The van der Waals surface area contributed by atoms with Gasteiger partial charge in [-0.25, -0.2) is 0 Å². The van der Waals surface area contributed by atoms with Crippen molar-refractivity contribution in [2.75, 3.05) is 6.54 Å². The number of amides is 1. The van der Waals surface area contributed by atoms with E-state index in [2.05, 4.69) is 5.32 Å². The maximum Gasteiger partial charge on any atom is 0.390 e. The minimum Gasteiger partial charge on any atom is -0.455 e. The van der Waals surface area contributed by atoms with Crippen LogP contribution in [0.5, 0.6) is 0 Å². The van der Waals surface area contributed by atoms with Crippen LogP contribution >= 0.6 is 0 Å². The lowest BCUT2D eigenvalue weighted by atomic mass is 10.0. The fourth-order valence-corrected chi connectivity index (χ4v) is 2.77. The molecule has 4 nitrogen and oxygen atoms in total. The molecule has 3 aromatic rings. The van der Waals surface area contributed by atoms with Gasteiger partial charge in [-0.15, -0.1) is 0 Å². The second kappa shape index (κ2) is 7.26. The predicted molar refractivity (Wildman–Crippen MR) is 95.7 cm³/mol. The number of hydrogen-bond donors (Lipinski definition) is 1. The summed E-state index contributed by atoms with van der Waals surface area (Å²) in [6.45, 7) is 1.07. The summed E-state index contributed by atoms with van der Waals surface area (Å²) >= 11 is 0. The largest absolute Gasteiger partial charge is 0.455 e. The first-order valence-corrected chi connectivity index (χ1v) is 8.25. The second-order valence-corrected chi connectivity index (χ2v) is 6.05. The highest BCUT2D eigenvalue weighted by atomic mass is 19.4. The molecule has 140 valence electrons. The van der Waals surface area contributed by atoms with Gasteiger partial charge >= 0.3 is 6.18 Å². The van der Waals surface area contributed by atoms with E-state index in [1.807, 2.05) is 6.07 Å². The van der Waals surface area contributed by atoms with Crippen molar-refractivity contribution < 1.29 is 22.4 Å². The predicted octanol–water partition coefficient (Wildman–Crippen LogP) is 4.45. The number of halogens is 3. The van der Waals surface area contributed by atoms with Gasteiger partial charge in [-0.1, -0.05) is 36.4 Å². The van der Waals surface area contributed by atoms with Crippen LogP contribution in [-0.4, -0.2) is 18.6 Å². The molecule has 0 saturated heterocycles. The Kier molecular flexibility index (Phi) is 5.03. The first kappa shape index (κ1) is 18.7. The maximum absolute atomic E-state index is 12.7. The second-order valence-electron chi connectivity index (χ2n) is 6.05. The molecule has 0 aliphatic rings. The Hall–Kier alpha value is -3.09. The topological polar surface area (TPSA) is 59.3 Å². The van der Waals surface area contributed by atoms with Gasteiger partial charge in [-0.05, 0) is 19.1 Å². The lowest BCUT2D eigenvalue weighted by Gasteiger charge is -2.11. The highest BCUT2D eigenvalue weighted by molar-refractivity contribution is 6.05. The quantitative estimate of drug-likeness (QED) is 0.733. The van der Waals surface area contributed by atoms with Crippen molar-refractivity contribution in [2.24, 2.45) is 0 Å². The third kappa shape index (κ3) is 4.02. The highest BCUT2D eigenvalue weighted by Gasteiger charge is 2.27. The van der Waals surface area contributed by atoms with E-state index in [1.165, 1.54) is 18.2 Å². The van der Waals surface area contributed by atoms with Gasteiger partial charge in [-0.3, -0.25) is 9.59 Å². The van der Waals surface area contributed by atoms with Crippen LogP contribution in [0.1, 0.15) is 22.3 Å². The van der Waals surface area contributed by atoms with Crippen LogP contribution in [0.2, 0.25) is 0 Å². The zero-order valence-electron chi connectivity index (χ0n) is 14.4. The number of rotatable bonds is 4. The number of para-hydroxylation sites is 1. The molecule has 7 heteroatoms. The Morgan fingerprint density at radius 1 is 1.07 bits per heavy atom. The van der Waals surface area contributed by atoms with Crippen molar-refractivity contribution in [1.82, 2.24) is 5.32 Å². The molecule has 1 heterocycles. The van der Waals surface area contributed by atoms with Crippen molar-refractivity contribution in [3.63, 3.8) is 0 Å². The molecule has 0 saturated carbocycles. The Morgan fingerprint density at radius 3 is 2.44 bits per heavy atom. The molecule has 2 aromatic carbocycles. The number of alkyl halides is 3. The van der Waals surface area contributed by atoms with E-state index < -0.39 is 25.0 Å². The minimum atomic E-state index is -4.36. The van der Waals surface area contributed by atoms with Crippen LogP contribution in [0.3, 0.4) is 0 Å². The summed E-state index contributed by atoms with van der Waals surface area (Å²) < 4.78 is 42.7. The number of nitrogens with one attached hydrogen (secondary N) is 1. The maximum atomic E-state index is 12.7. The lowest BCUT2D eigenvalue weighted by molar-refractivity contribution is -0.132. The summed E-state index contributed by atoms with van der Waals surface area (Å²) in [4.78, 5) is 25.1.